The van der Waals surface area contributed by atoms with Crippen molar-refractivity contribution in [2.45, 2.75) is 19.3 Å². The number of para-hydroxylation sites is 1. The third-order valence-corrected chi connectivity index (χ3v) is 3.52. The molecule has 1 aromatic carbocycles. The van der Waals surface area contributed by atoms with Crippen LogP contribution in [-0.4, -0.2) is 22.6 Å². The summed E-state index contributed by atoms with van der Waals surface area (Å²) in [6, 6.07) is 11.4. The number of aromatic nitrogens is 2. The molecule has 1 N–H and O–H groups in total. The van der Waals surface area contributed by atoms with E-state index in [0.29, 0.717) is 17.8 Å². The van der Waals surface area contributed by atoms with Gasteiger partial charge in [0.1, 0.15) is 0 Å². The summed E-state index contributed by atoms with van der Waals surface area (Å²) in [6.07, 6.45) is 6.53. The van der Waals surface area contributed by atoms with Crippen LogP contribution in [0.3, 0.4) is 0 Å². The van der Waals surface area contributed by atoms with Crippen molar-refractivity contribution < 1.29 is 9.32 Å². The van der Waals surface area contributed by atoms with Crippen molar-refractivity contribution in [1.29, 1.82) is 0 Å². The molecule has 0 bridgehead atoms. The van der Waals surface area contributed by atoms with Gasteiger partial charge in [-0.1, -0.05) is 17.3 Å². The van der Waals surface area contributed by atoms with E-state index in [1.54, 1.807) is 18.5 Å². The van der Waals surface area contributed by atoms with Gasteiger partial charge in [0.15, 0.2) is 11.3 Å². The Kier molecular flexibility index (Phi) is 4.44. The van der Waals surface area contributed by atoms with Gasteiger partial charge in [-0.15, -0.1) is 0 Å². The van der Waals surface area contributed by atoms with Gasteiger partial charge in [-0.05, 0) is 49.1 Å². The minimum Gasteiger partial charge on any atom is -0.355 e. The molecule has 0 spiro atoms. The lowest BCUT2D eigenvalue weighted by atomic mass is 10.1. The van der Waals surface area contributed by atoms with Crippen LogP contribution in [0.25, 0.3) is 11.0 Å². The highest BCUT2D eigenvalue weighted by Crippen LogP contribution is 2.17. The predicted molar refractivity (Wildman–Crippen MR) is 83.5 cm³/mol. The molecule has 0 aliphatic rings. The van der Waals surface area contributed by atoms with Crippen LogP contribution in [0.15, 0.2) is 53.3 Å². The second kappa shape index (κ2) is 6.85. The van der Waals surface area contributed by atoms with E-state index >= 15 is 0 Å². The van der Waals surface area contributed by atoms with Crippen LogP contribution >= 0.6 is 0 Å². The molecule has 0 saturated carbocycles. The number of hydrogen-bond acceptors (Lipinski definition) is 4. The number of amides is 1. The number of unbranched alkanes of at least 4 members (excludes halogenated alkanes) is 1. The molecule has 0 fully saturated rings. The van der Waals surface area contributed by atoms with E-state index in [-0.39, 0.29) is 5.91 Å². The van der Waals surface area contributed by atoms with E-state index in [2.05, 4.69) is 15.5 Å². The Bertz CT molecular complexity index is 753. The Morgan fingerprint density at radius 1 is 1.09 bits per heavy atom. The molecule has 2 aromatic heterocycles. The van der Waals surface area contributed by atoms with Crippen molar-refractivity contribution in [2.75, 3.05) is 6.54 Å². The van der Waals surface area contributed by atoms with Crippen LogP contribution in [0.2, 0.25) is 0 Å². The van der Waals surface area contributed by atoms with E-state index in [9.17, 15) is 4.79 Å². The first-order chi connectivity index (χ1) is 10.8. The van der Waals surface area contributed by atoms with E-state index in [0.717, 1.165) is 24.6 Å². The number of fused-ring (bicyclic) bond motifs is 1. The van der Waals surface area contributed by atoms with Crippen LogP contribution in [0.4, 0.5) is 0 Å². The zero-order valence-corrected chi connectivity index (χ0v) is 12.2. The Hall–Kier alpha value is -2.69. The Labute approximate surface area is 128 Å². The van der Waals surface area contributed by atoms with Gasteiger partial charge in [-0.25, -0.2) is 0 Å². The summed E-state index contributed by atoms with van der Waals surface area (Å²) >= 11 is 0. The third kappa shape index (κ3) is 3.31. The summed E-state index contributed by atoms with van der Waals surface area (Å²) in [6.45, 7) is 0.630. The molecule has 5 heteroatoms. The molecule has 0 aliphatic heterocycles. The standard InChI is InChI=1S/C17H17N3O2/c21-17(16-14-6-1-2-7-15(14)22-20-16)19-10-4-3-5-13-8-11-18-12-9-13/h1-2,6-9,11-12H,3-5,10H2,(H,19,21). The number of rotatable bonds is 6. The molecule has 0 saturated heterocycles. The molecular weight excluding hydrogens is 278 g/mol. The quantitative estimate of drug-likeness (QED) is 0.710. The molecule has 2 heterocycles. The maximum atomic E-state index is 12.1. The normalized spacial score (nSPS) is 10.7. The summed E-state index contributed by atoms with van der Waals surface area (Å²) < 4.78 is 5.14. The fourth-order valence-corrected chi connectivity index (χ4v) is 2.34. The second-order valence-corrected chi connectivity index (χ2v) is 5.10. The molecule has 3 aromatic rings. The summed E-state index contributed by atoms with van der Waals surface area (Å²) in [4.78, 5) is 16.1. The van der Waals surface area contributed by atoms with Gasteiger partial charge in [0, 0.05) is 18.9 Å². The Balaban J connectivity index is 1.47. The van der Waals surface area contributed by atoms with Gasteiger partial charge in [-0.2, -0.15) is 0 Å². The number of aryl methyl sites for hydroxylation is 1. The number of hydrogen-bond donors (Lipinski definition) is 1. The van der Waals surface area contributed by atoms with Crippen LogP contribution < -0.4 is 5.32 Å². The van der Waals surface area contributed by atoms with Crippen molar-refractivity contribution in [1.82, 2.24) is 15.5 Å². The Morgan fingerprint density at radius 3 is 2.77 bits per heavy atom. The number of carbonyl (C=O) groups excluding carboxylic acids is 1. The molecule has 0 atom stereocenters. The number of carbonyl (C=O) groups is 1. The van der Waals surface area contributed by atoms with Gasteiger partial charge in [-0.3, -0.25) is 9.78 Å². The highest BCUT2D eigenvalue weighted by molar-refractivity contribution is 6.03. The first-order valence-electron chi connectivity index (χ1n) is 7.36. The summed E-state index contributed by atoms with van der Waals surface area (Å²) in [5, 5.41) is 7.48. The number of benzene rings is 1. The summed E-state index contributed by atoms with van der Waals surface area (Å²) in [5.74, 6) is -0.186. The monoisotopic (exact) mass is 295 g/mol. The molecule has 22 heavy (non-hydrogen) atoms. The van der Waals surface area contributed by atoms with Gasteiger partial charge >= 0.3 is 0 Å². The fraction of sp³-hybridized carbons (Fsp3) is 0.235. The van der Waals surface area contributed by atoms with Crippen LogP contribution in [0, 0.1) is 0 Å². The first kappa shape index (κ1) is 14.3. The van der Waals surface area contributed by atoms with E-state index < -0.39 is 0 Å². The van der Waals surface area contributed by atoms with Crippen LogP contribution in [0.1, 0.15) is 28.9 Å². The average Bonchev–Trinajstić information content (AvgIpc) is 2.99. The average molecular weight is 295 g/mol. The lowest BCUT2D eigenvalue weighted by Gasteiger charge is -2.03. The van der Waals surface area contributed by atoms with Crippen molar-refractivity contribution in [3.8, 4) is 0 Å². The van der Waals surface area contributed by atoms with Gasteiger partial charge in [0.25, 0.3) is 5.91 Å². The second-order valence-electron chi connectivity index (χ2n) is 5.10. The predicted octanol–water partition coefficient (Wildman–Crippen LogP) is 2.98. The SMILES string of the molecule is O=C(NCCCCc1ccncc1)c1noc2ccccc12. The van der Waals surface area contributed by atoms with Crippen molar-refractivity contribution in [3.63, 3.8) is 0 Å². The molecule has 112 valence electrons. The lowest BCUT2D eigenvalue weighted by molar-refractivity contribution is 0.0945. The van der Waals surface area contributed by atoms with Crippen LogP contribution in [-0.2, 0) is 6.42 Å². The molecule has 0 aliphatic carbocycles. The lowest BCUT2D eigenvalue weighted by Crippen LogP contribution is -2.25. The van der Waals surface area contributed by atoms with Gasteiger partial charge < -0.3 is 9.84 Å². The van der Waals surface area contributed by atoms with E-state index in [1.807, 2.05) is 30.3 Å². The van der Waals surface area contributed by atoms with Crippen LogP contribution in [0.5, 0.6) is 0 Å². The Morgan fingerprint density at radius 2 is 1.91 bits per heavy atom. The third-order valence-electron chi connectivity index (χ3n) is 3.52. The highest BCUT2D eigenvalue weighted by atomic mass is 16.5. The van der Waals surface area contributed by atoms with E-state index in [1.165, 1.54) is 5.56 Å². The van der Waals surface area contributed by atoms with Gasteiger partial charge in [0.05, 0.1) is 5.39 Å². The maximum absolute atomic E-state index is 12.1. The molecule has 3 rings (SSSR count). The zero-order valence-electron chi connectivity index (χ0n) is 12.2. The molecule has 1 amide bonds. The maximum Gasteiger partial charge on any atom is 0.274 e. The molecule has 5 nitrogen and oxygen atoms in total. The fourth-order valence-electron chi connectivity index (χ4n) is 2.34. The molecule has 0 radical (unpaired) electrons. The number of nitrogens with one attached hydrogen (secondary N) is 1. The topological polar surface area (TPSA) is 68.0 Å². The minimum atomic E-state index is -0.186. The summed E-state index contributed by atoms with van der Waals surface area (Å²) in [7, 11) is 0. The smallest absolute Gasteiger partial charge is 0.274 e. The van der Waals surface area contributed by atoms with Crippen molar-refractivity contribution in [3.05, 3.63) is 60.0 Å². The summed E-state index contributed by atoms with van der Waals surface area (Å²) in [5.41, 5.74) is 2.25. The van der Waals surface area contributed by atoms with Crippen molar-refractivity contribution in [2.24, 2.45) is 0 Å². The van der Waals surface area contributed by atoms with E-state index in [4.69, 9.17) is 4.52 Å². The molecule has 0 unspecified atom stereocenters. The minimum absolute atomic E-state index is 0.186. The van der Waals surface area contributed by atoms with Gasteiger partial charge in [0.2, 0.25) is 0 Å². The first-order valence-corrected chi connectivity index (χ1v) is 7.36. The largest absolute Gasteiger partial charge is 0.355 e. The number of pyridine rings is 1. The highest BCUT2D eigenvalue weighted by Gasteiger charge is 2.14. The van der Waals surface area contributed by atoms with Crippen molar-refractivity contribution >= 4 is 16.9 Å². The number of nitrogens with zero attached hydrogens (tertiary/aromatic N) is 2. The molecular formula is C17H17N3O2. The zero-order chi connectivity index (χ0) is 15.2.